The lowest BCUT2D eigenvalue weighted by Crippen LogP contribution is -2.40. The summed E-state index contributed by atoms with van der Waals surface area (Å²) < 4.78 is 6.05. The summed E-state index contributed by atoms with van der Waals surface area (Å²) in [6.07, 6.45) is 5.33. The molecular formula is C16H34N2O. The average molecular weight is 270 g/mol. The maximum atomic E-state index is 6.05. The van der Waals surface area contributed by atoms with Gasteiger partial charge in [-0.25, -0.2) is 0 Å². The molecule has 0 aromatic rings. The molecule has 0 aromatic heterocycles. The molecule has 114 valence electrons. The molecular weight excluding hydrogens is 236 g/mol. The van der Waals surface area contributed by atoms with Crippen LogP contribution in [0.4, 0.5) is 0 Å². The fraction of sp³-hybridized carbons (Fsp3) is 1.00. The number of nitrogens with zero attached hydrogens (tertiary/aromatic N) is 1. The molecule has 3 heteroatoms. The van der Waals surface area contributed by atoms with Crippen LogP contribution in [0.1, 0.15) is 53.4 Å². The summed E-state index contributed by atoms with van der Waals surface area (Å²) in [5.74, 6) is 0.736. The molecule has 1 fully saturated rings. The van der Waals surface area contributed by atoms with Gasteiger partial charge in [0.05, 0.1) is 12.7 Å². The number of ether oxygens (including phenoxy) is 1. The van der Waals surface area contributed by atoms with Crippen LogP contribution >= 0.6 is 0 Å². The van der Waals surface area contributed by atoms with Crippen LogP contribution in [0.3, 0.4) is 0 Å². The molecule has 1 rings (SSSR count). The molecule has 0 bridgehead atoms. The lowest BCUT2D eigenvalue weighted by molar-refractivity contribution is 0.0111. The van der Waals surface area contributed by atoms with E-state index in [0.717, 1.165) is 38.2 Å². The smallest absolute Gasteiger partial charge is 0.0600 e. The van der Waals surface area contributed by atoms with E-state index >= 15 is 0 Å². The Kier molecular flexibility index (Phi) is 8.67. The molecule has 0 saturated carbocycles. The quantitative estimate of drug-likeness (QED) is 0.697. The highest BCUT2D eigenvalue weighted by Gasteiger charge is 2.18. The van der Waals surface area contributed by atoms with Gasteiger partial charge in [-0.05, 0) is 44.7 Å². The first-order valence-electron chi connectivity index (χ1n) is 8.23. The van der Waals surface area contributed by atoms with Gasteiger partial charge in [-0.15, -0.1) is 0 Å². The highest BCUT2D eigenvalue weighted by atomic mass is 16.5. The van der Waals surface area contributed by atoms with Crippen molar-refractivity contribution in [2.24, 2.45) is 5.92 Å². The van der Waals surface area contributed by atoms with Crippen molar-refractivity contribution >= 4 is 0 Å². The van der Waals surface area contributed by atoms with E-state index in [4.69, 9.17) is 4.74 Å². The summed E-state index contributed by atoms with van der Waals surface area (Å²) in [7, 11) is 0. The minimum atomic E-state index is 0.490. The van der Waals surface area contributed by atoms with Crippen molar-refractivity contribution in [3.63, 3.8) is 0 Å². The summed E-state index contributed by atoms with van der Waals surface area (Å²) in [6.45, 7) is 14.6. The third-order valence-corrected chi connectivity index (χ3v) is 4.08. The number of rotatable bonds is 9. The first-order chi connectivity index (χ1) is 9.17. The average Bonchev–Trinajstić information content (AvgIpc) is 2.40. The topological polar surface area (TPSA) is 24.5 Å². The monoisotopic (exact) mass is 270 g/mol. The fourth-order valence-corrected chi connectivity index (χ4v) is 3.00. The van der Waals surface area contributed by atoms with Gasteiger partial charge >= 0.3 is 0 Å². The number of piperidine rings is 1. The van der Waals surface area contributed by atoms with Gasteiger partial charge in [-0.2, -0.15) is 0 Å². The van der Waals surface area contributed by atoms with Crippen LogP contribution in [-0.4, -0.2) is 49.8 Å². The van der Waals surface area contributed by atoms with Crippen molar-refractivity contribution < 1.29 is 4.74 Å². The fourth-order valence-electron chi connectivity index (χ4n) is 3.00. The molecule has 0 aromatic carbocycles. The lowest BCUT2D eigenvalue weighted by Gasteiger charge is -2.32. The number of hydrogen-bond donors (Lipinski definition) is 1. The van der Waals surface area contributed by atoms with Gasteiger partial charge in [0.1, 0.15) is 0 Å². The van der Waals surface area contributed by atoms with E-state index in [2.05, 4.69) is 37.9 Å². The van der Waals surface area contributed by atoms with Gasteiger partial charge in [0, 0.05) is 19.1 Å². The van der Waals surface area contributed by atoms with Crippen molar-refractivity contribution in [3.05, 3.63) is 0 Å². The van der Waals surface area contributed by atoms with Crippen LogP contribution in [0.2, 0.25) is 0 Å². The zero-order chi connectivity index (χ0) is 14.1. The Bertz CT molecular complexity index is 211. The van der Waals surface area contributed by atoms with Crippen LogP contribution in [0.5, 0.6) is 0 Å². The van der Waals surface area contributed by atoms with Gasteiger partial charge in [-0.1, -0.05) is 27.7 Å². The number of hydrogen-bond acceptors (Lipinski definition) is 3. The van der Waals surface area contributed by atoms with Crippen molar-refractivity contribution in [3.8, 4) is 0 Å². The normalized spacial score (nSPS) is 17.8. The van der Waals surface area contributed by atoms with E-state index in [1.54, 1.807) is 0 Å². The van der Waals surface area contributed by atoms with E-state index < -0.39 is 0 Å². The Morgan fingerprint density at radius 3 is 2.32 bits per heavy atom. The number of nitrogens with one attached hydrogen (secondary N) is 1. The van der Waals surface area contributed by atoms with E-state index in [1.165, 1.54) is 32.2 Å². The molecule has 0 spiro atoms. The minimum Gasteiger partial charge on any atom is -0.377 e. The zero-order valence-electron chi connectivity index (χ0n) is 13.5. The molecule has 1 N–H and O–H groups in total. The van der Waals surface area contributed by atoms with E-state index in [-0.39, 0.29) is 0 Å². The second-order valence-electron chi connectivity index (χ2n) is 6.18. The molecule has 3 nitrogen and oxygen atoms in total. The first kappa shape index (κ1) is 16.9. The van der Waals surface area contributed by atoms with E-state index in [0.29, 0.717) is 6.10 Å². The molecule has 1 heterocycles. The zero-order valence-corrected chi connectivity index (χ0v) is 13.5. The largest absolute Gasteiger partial charge is 0.377 e. The van der Waals surface area contributed by atoms with E-state index in [9.17, 15) is 0 Å². The SMILES string of the molecule is CCC(CC)N(CCOC1CCNCC1)CC(C)C. The summed E-state index contributed by atoms with van der Waals surface area (Å²) in [5, 5.41) is 3.39. The molecule has 0 atom stereocenters. The summed E-state index contributed by atoms with van der Waals surface area (Å²) in [6, 6.07) is 0.721. The molecule has 1 saturated heterocycles. The highest BCUT2D eigenvalue weighted by molar-refractivity contribution is 4.72. The van der Waals surface area contributed by atoms with Gasteiger partial charge in [0.2, 0.25) is 0 Å². The minimum absolute atomic E-state index is 0.490. The van der Waals surface area contributed by atoms with Gasteiger partial charge in [-0.3, -0.25) is 4.90 Å². The van der Waals surface area contributed by atoms with E-state index in [1.807, 2.05) is 0 Å². The standard InChI is InChI=1S/C16H34N2O/c1-5-15(6-2)18(13-14(3)4)11-12-19-16-7-9-17-10-8-16/h14-17H,5-13H2,1-4H3. The van der Waals surface area contributed by atoms with Crippen molar-refractivity contribution in [1.29, 1.82) is 0 Å². The van der Waals surface area contributed by atoms with Gasteiger partial charge in [0.15, 0.2) is 0 Å². The highest BCUT2D eigenvalue weighted by Crippen LogP contribution is 2.12. The van der Waals surface area contributed by atoms with Crippen LogP contribution in [0.15, 0.2) is 0 Å². The lowest BCUT2D eigenvalue weighted by atomic mass is 10.1. The Balaban J connectivity index is 2.30. The molecule has 0 radical (unpaired) electrons. The van der Waals surface area contributed by atoms with Gasteiger partial charge < -0.3 is 10.1 Å². The molecule has 0 unspecified atom stereocenters. The molecule has 0 aliphatic carbocycles. The van der Waals surface area contributed by atoms with Crippen molar-refractivity contribution in [2.45, 2.75) is 65.5 Å². The maximum absolute atomic E-state index is 6.05. The molecule has 1 aliphatic rings. The Morgan fingerprint density at radius 2 is 1.79 bits per heavy atom. The second kappa shape index (κ2) is 9.73. The Morgan fingerprint density at radius 1 is 1.16 bits per heavy atom. The molecule has 19 heavy (non-hydrogen) atoms. The molecule has 0 amide bonds. The summed E-state index contributed by atoms with van der Waals surface area (Å²) in [4.78, 5) is 2.63. The first-order valence-corrected chi connectivity index (χ1v) is 8.23. The third-order valence-electron chi connectivity index (χ3n) is 4.08. The predicted molar refractivity (Wildman–Crippen MR) is 82.6 cm³/mol. The maximum Gasteiger partial charge on any atom is 0.0600 e. The van der Waals surface area contributed by atoms with Crippen LogP contribution in [0.25, 0.3) is 0 Å². The Hall–Kier alpha value is -0.120. The Labute approximate surface area is 120 Å². The van der Waals surface area contributed by atoms with Gasteiger partial charge in [0.25, 0.3) is 0 Å². The third kappa shape index (κ3) is 6.73. The molecule has 1 aliphatic heterocycles. The predicted octanol–water partition coefficient (Wildman–Crippen LogP) is 2.90. The second-order valence-corrected chi connectivity index (χ2v) is 6.18. The van der Waals surface area contributed by atoms with Crippen LogP contribution in [-0.2, 0) is 4.74 Å². The van der Waals surface area contributed by atoms with Crippen molar-refractivity contribution in [2.75, 3.05) is 32.8 Å². The van der Waals surface area contributed by atoms with Crippen molar-refractivity contribution in [1.82, 2.24) is 10.2 Å². The van der Waals surface area contributed by atoms with Crippen LogP contribution < -0.4 is 5.32 Å². The summed E-state index contributed by atoms with van der Waals surface area (Å²) in [5.41, 5.74) is 0. The summed E-state index contributed by atoms with van der Waals surface area (Å²) >= 11 is 0. The van der Waals surface area contributed by atoms with Crippen LogP contribution in [0, 0.1) is 5.92 Å².